The zero-order valence-corrected chi connectivity index (χ0v) is 23.1. The fourth-order valence-electron chi connectivity index (χ4n) is 5.64. The van der Waals surface area contributed by atoms with E-state index in [1.54, 1.807) is 19.2 Å². The Morgan fingerprint density at radius 2 is 1.79 bits per heavy atom. The van der Waals surface area contributed by atoms with Crippen LogP contribution in [0.1, 0.15) is 80.6 Å². The molecule has 0 aliphatic heterocycles. The fraction of sp³-hybridized carbons (Fsp3) is 0.467. The molecule has 38 heavy (non-hydrogen) atoms. The molecule has 8 heteroatoms. The van der Waals surface area contributed by atoms with E-state index in [9.17, 15) is 18.0 Å². The predicted molar refractivity (Wildman–Crippen MR) is 149 cm³/mol. The number of benzene rings is 2. The summed E-state index contributed by atoms with van der Waals surface area (Å²) in [6.45, 7) is 3.60. The number of nitrogens with zero attached hydrogens (tertiary/aromatic N) is 1. The molecule has 0 spiro atoms. The van der Waals surface area contributed by atoms with E-state index < -0.39 is 26.6 Å². The van der Waals surface area contributed by atoms with Gasteiger partial charge in [-0.05, 0) is 93.0 Å². The Morgan fingerprint density at radius 3 is 2.37 bits per heavy atom. The second kappa shape index (κ2) is 10.2. The van der Waals surface area contributed by atoms with E-state index in [4.69, 9.17) is 4.74 Å². The summed E-state index contributed by atoms with van der Waals surface area (Å²) in [5, 5.41) is 0.341. The second-order valence-corrected chi connectivity index (χ2v) is 13.4. The van der Waals surface area contributed by atoms with Gasteiger partial charge in [0.1, 0.15) is 12.0 Å². The number of carbonyl (C=O) groups is 2. The second-order valence-electron chi connectivity index (χ2n) is 11.1. The molecule has 0 atom stereocenters. The first-order chi connectivity index (χ1) is 18.2. The highest BCUT2D eigenvalue weighted by molar-refractivity contribution is 7.90. The first-order valence-corrected chi connectivity index (χ1v) is 15.1. The minimum Gasteiger partial charge on any atom is -0.497 e. The van der Waals surface area contributed by atoms with E-state index in [0.29, 0.717) is 12.5 Å². The molecule has 1 heterocycles. The molecule has 2 aliphatic rings. The van der Waals surface area contributed by atoms with Gasteiger partial charge in [0.2, 0.25) is 10.0 Å². The Morgan fingerprint density at radius 1 is 1.11 bits per heavy atom. The summed E-state index contributed by atoms with van der Waals surface area (Å²) in [7, 11) is -2.12. The molecule has 0 unspecified atom stereocenters. The van der Waals surface area contributed by atoms with Gasteiger partial charge in [-0.25, -0.2) is 13.1 Å². The summed E-state index contributed by atoms with van der Waals surface area (Å²) in [6, 6.07) is 13.5. The third-order valence-corrected chi connectivity index (χ3v) is 9.92. The van der Waals surface area contributed by atoms with E-state index in [0.717, 1.165) is 59.9 Å². The lowest BCUT2D eigenvalue weighted by atomic mass is 9.81. The van der Waals surface area contributed by atoms with Gasteiger partial charge in [-0.1, -0.05) is 25.3 Å². The van der Waals surface area contributed by atoms with E-state index in [-0.39, 0.29) is 5.56 Å². The van der Waals surface area contributed by atoms with Crippen molar-refractivity contribution in [3.63, 3.8) is 0 Å². The number of amides is 1. The quantitative estimate of drug-likeness (QED) is 0.348. The molecule has 2 aromatic carbocycles. The van der Waals surface area contributed by atoms with Crippen molar-refractivity contribution in [1.29, 1.82) is 0 Å². The Bertz CT molecular complexity index is 1460. The largest absolute Gasteiger partial charge is 0.497 e. The number of nitrogens with one attached hydrogen (secondary N) is 1. The molecular formula is C30H36N2O5S. The minimum atomic E-state index is -3.77. The van der Waals surface area contributed by atoms with E-state index in [1.165, 1.54) is 38.7 Å². The molecule has 202 valence electrons. The molecule has 1 aromatic heterocycles. The van der Waals surface area contributed by atoms with Gasteiger partial charge in [0.15, 0.2) is 0 Å². The number of methoxy groups -OCH3 is 1. The van der Waals surface area contributed by atoms with Gasteiger partial charge in [0.25, 0.3) is 5.91 Å². The van der Waals surface area contributed by atoms with Crippen LogP contribution in [0.25, 0.3) is 22.2 Å². The van der Waals surface area contributed by atoms with Crippen LogP contribution in [0, 0.1) is 5.41 Å². The van der Waals surface area contributed by atoms with E-state index in [1.807, 2.05) is 18.2 Å². The summed E-state index contributed by atoms with van der Waals surface area (Å²) in [5.74, 6) is 0.500. The highest BCUT2D eigenvalue weighted by Crippen LogP contribution is 2.50. The van der Waals surface area contributed by atoms with Crippen molar-refractivity contribution in [3.8, 4) is 17.0 Å². The molecule has 7 nitrogen and oxygen atoms in total. The lowest BCUT2D eigenvalue weighted by Gasteiger charge is -2.24. The number of sulfonamides is 1. The molecule has 2 fully saturated rings. The third-order valence-electron chi connectivity index (χ3n) is 8.21. The Labute approximate surface area is 224 Å². The number of hydrogen-bond acceptors (Lipinski definition) is 5. The van der Waals surface area contributed by atoms with Gasteiger partial charge in [0.05, 0.1) is 18.1 Å². The van der Waals surface area contributed by atoms with Gasteiger partial charge in [-0.3, -0.25) is 4.79 Å². The SMILES string of the molecule is COc1ccc(-c2c(C3CCCCC3)c3ccc(C(=O)NS(=O)(=O)C(C)C)cc3n2CC2(C=O)CC2)cc1. The number of aldehydes is 1. The lowest BCUT2D eigenvalue weighted by Crippen LogP contribution is -2.35. The van der Waals surface area contributed by atoms with Gasteiger partial charge in [-0.15, -0.1) is 0 Å². The first-order valence-electron chi connectivity index (χ1n) is 13.5. The van der Waals surface area contributed by atoms with Crippen LogP contribution in [0.15, 0.2) is 42.5 Å². The zero-order chi connectivity index (χ0) is 27.1. The summed E-state index contributed by atoms with van der Waals surface area (Å²) >= 11 is 0. The van der Waals surface area contributed by atoms with Crippen LogP contribution in [0.4, 0.5) is 0 Å². The Kier molecular flexibility index (Phi) is 7.11. The average molecular weight is 537 g/mol. The maximum atomic E-state index is 13.0. The van der Waals surface area contributed by atoms with Gasteiger partial charge in [0, 0.05) is 28.4 Å². The first kappa shape index (κ1) is 26.5. The van der Waals surface area contributed by atoms with Crippen molar-refractivity contribution in [2.75, 3.05) is 7.11 Å². The summed E-state index contributed by atoms with van der Waals surface area (Å²) < 4.78 is 34.6. The van der Waals surface area contributed by atoms with Crippen LogP contribution in [0.5, 0.6) is 5.75 Å². The summed E-state index contributed by atoms with van der Waals surface area (Å²) in [4.78, 5) is 25.1. The number of ether oxygens (including phenoxy) is 1. The maximum absolute atomic E-state index is 13.0. The van der Waals surface area contributed by atoms with Crippen molar-refractivity contribution in [3.05, 3.63) is 53.6 Å². The van der Waals surface area contributed by atoms with Crippen molar-refractivity contribution in [2.45, 2.75) is 76.5 Å². The number of hydrogen-bond donors (Lipinski definition) is 1. The Balaban J connectivity index is 1.72. The van der Waals surface area contributed by atoms with Crippen LogP contribution in [0.2, 0.25) is 0 Å². The molecule has 2 aliphatic carbocycles. The van der Waals surface area contributed by atoms with Crippen molar-refractivity contribution < 1.29 is 22.7 Å². The molecule has 0 bridgehead atoms. The number of aromatic nitrogens is 1. The van der Waals surface area contributed by atoms with E-state index in [2.05, 4.69) is 21.4 Å². The van der Waals surface area contributed by atoms with Gasteiger partial charge in [-0.2, -0.15) is 0 Å². The standard InChI is InChI=1S/C30H36N2O5S/c1-20(2)38(35,36)31-29(34)23-11-14-25-26(17-23)32(18-30(19-33)15-16-30)28(22-9-12-24(37-3)13-10-22)27(25)21-7-5-4-6-8-21/h9-14,17,19-21H,4-8,15-16,18H2,1-3H3,(H,31,34). The monoisotopic (exact) mass is 536 g/mol. The number of fused-ring (bicyclic) bond motifs is 1. The molecule has 0 saturated heterocycles. The zero-order valence-electron chi connectivity index (χ0n) is 22.3. The average Bonchev–Trinajstić information content (AvgIpc) is 3.63. The smallest absolute Gasteiger partial charge is 0.264 e. The number of carbonyl (C=O) groups excluding carboxylic acids is 2. The Hall–Kier alpha value is -3.13. The highest BCUT2D eigenvalue weighted by atomic mass is 32.2. The topological polar surface area (TPSA) is 94.5 Å². The summed E-state index contributed by atoms with van der Waals surface area (Å²) in [6.07, 6.45) is 8.51. The fourth-order valence-corrected chi connectivity index (χ4v) is 6.25. The van der Waals surface area contributed by atoms with Crippen LogP contribution < -0.4 is 9.46 Å². The van der Waals surface area contributed by atoms with E-state index >= 15 is 0 Å². The molecule has 1 amide bonds. The molecular weight excluding hydrogens is 500 g/mol. The molecule has 0 radical (unpaired) electrons. The predicted octanol–water partition coefficient (Wildman–Crippen LogP) is 5.81. The molecule has 5 rings (SSSR count). The normalized spacial score (nSPS) is 17.5. The van der Waals surface area contributed by atoms with Gasteiger partial charge < -0.3 is 14.1 Å². The third kappa shape index (κ3) is 4.98. The molecule has 1 N–H and O–H groups in total. The maximum Gasteiger partial charge on any atom is 0.264 e. The van der Waals surface area contributed by atoms with Crippen molar-refractivity contribution in [2.24, 2.45) is 5.41 Å². The van der Waals surface area contributed by atoms with Crippen LogP contribution in [0.3, 0.4) is 0 Å². The van der Waals surface area contributed by atoms with Crippen LogP contribution >= 0.6 is 0 Å². The van der Waals surface area contributed by atoms with Crippen molar-refractivity contribution in [1.82, 2.24) is 9.29 Å². The van der Waals surface area contributed by atoms with Crippen LogP contribution in [-0.4, -0.2) is 37.5 Å². The van der Waals surface area contributed by atoms with Crippen molar-refractivity contribution >= 4 is 33.1 Å². The molecule has 3 aromatic rings. The lowest BCUT2D eigenvalue weighted by molar-refractivity contribution is -0.112. The summed E-state index contributed by atoms with van der Waals surface area (Å²) in [5.41, 5.74) is 4.11. The highest BCUT2D eigenvalue weighted by Gasteiger charge is 2.44. The number of rotatable bonds is 9. The van der Waals surface area contributed by atoms with Crippen LogP contribution in [-0.2, 0) is 21.4 Å². The minimum absolute atomic E-state index is 0.285. The molecule has 2 saturated carbocycles. The van der Waals surface area contributed by atoms with Gasteiger partial charge >= 0.3 is 0 Å².